The second-order valence-corrected chi connectivity index (χ2v) is 9.95. The third kappa shape index (κ3) is 4.18. The first-order valence-electron chi connectivity index (χ1n) is 12.5. The highest BCUT2D eigenvalue weighted by molar-refractivity contribution is 5.90. The van der Waals surface area contributed by atoms with Crippen LogP contribution in [0.5, 0.6) is 0 Å². The predicted molar refractivity (Wildman–Crippen MR) is 135 cm³/mol. The Morgan fingerprint density at radius 1 is 1.19 bits per heavy atom. The Labute approximate surface area is 211 Å². The maximum absolute atomic E-state index is 12.9. The minimum absolute atomic E-state index is 0.0696. The molecule has 5 rings (SSSR count). The first-order valence-corrected chi connectivity index (χ1v) is 12.5. The fourth-order valence-corrected chi connectivity index (χ4v) is 6.18. The Balaban J connectivity index is 1.33. The third-order valence-electron chi connectivity index (χ3n) is 7.67. The summed E-state index contributed by atoms with van der Waals surface area (Å²) in [6, 6.07) is 8.29. The molecule has 1 aliphatic carbocycles. The zero-order valence-electron chi connectivity index (χ0n) is 21.3. The summed E-state index contributed by atoms with van der Waals surface area (Å²) in [4.78, 5) is 31.1. The van der Waals surface area contributed by atoms with E-state index in [9.17, 15) is 9.59 Å². The van der Waals surface area contributed by atoms with E-state index in [0.29, 0.717) is 17.7 Å². The molecule has 190 valence electrons. The van der Waals surface area contributed by atoms with Crippen LogP contribution in [-0.2, 0) is 44.5 Å². The number of hydrogen-bond acceptors (Lipinski definition) is 7. The minimum Gasteiger partial charge on any atom is -0.466 e. The lowest BCUT2D eigenvalue weighted by atomic mass is 9.69. The lowest BCUT2D eigenvalue weighted by Gasteiger charge is -2.53. The molecule has 3 heterocycles. The molecular weight excluding hydrogens is 458 g/mol. The van der Waals surface area contributed by atoms with Crippen LogP contribution in [0.2, 0.25) is 0 Å². The van der Waals surface area contributed by atoms with E-state index in [1.54, 1.807) is 26.3 Å². The van der Waals surface area contributed by atoms with Crippen molar-refractivity contribution in [2.45, 2.75) is 37.8 Å². The highest BCUT2D eigenvalue weighted by Gasteiger charge is 2.51. The molecule has 2 aliphatic rings. The van der Waals surface area contributed by atoms with E-state index >= 15 is 0 Å². The van der Waals surface area contributed by atoms with Crippen LogP contribution in [0.15, 0.2) is 42.9 Å². The molecule has 0 bridgehead atoms. The number of benzene rings is 1. The number of hydrogen-bond donors (Lipinski definition) is 0. The number of nitrogens with zero attached hydrogens (tertiary/aromatic N) is 3. The van der Waals surface area contributed by atoms with Gasteiger partial charge < -0.3 is 18.8 Å². The quantitative estimate of drug-likeness (QED) is 0.469. The third-order valence-corrected chi connectivity index (χ3v) is 7.67. The van der Waals surface area contributed by atoms with Crippen LogP contribution < -0.4 is 0 Å². The molecule has 1 aliphatic heterocycles. The zero-order valence-corrected chi connectivity index (χ0v) is 21.3. The van der Waals surface area contributed by atoms with Gasteiger partial charge >= 0.3 is 11.9 Å². The second kappa shape index (κ2) is 9.67. The van der Waals surface area contributed by atoms with Gasteiger partial charge in [-0.15, -0.1) is 0 Å². The molecule has 0 N–H and O–H groups in total. The van der Waals surface area contributed by atoms with Gasteiger partial charge in [-0.2, -0.15) is 0 Å². The SMILES string of the molecule is CCOC(=O)Cc1cncc(C(=O)OC[C@H]2CN(C)[C@@H]3Cc4cn(C)c5cccc(c45)[C@@]3(OC)C2)c1. The second-order valence-electron chi connectivity index (χ2n) is 9.95. The number of carbonyl (C=O) groups excluding carboxylic acids is 2. The van der Waals surface area contributed by atoms with E-state index in [1.165, 1.54) is 28.2 Å². The molecule has 1 saturated heterocycles. The van der Waals surface area contributed by atoms with Crippen molar-refractivity contribution in [3.05, 3.63) is 65.1 Å². The maximum atomic E-state index is 12.9. The number of fused-ring (bicyclic) bond motifs is 2. The Hall–Kier alpha value is -3.23. The molecule has 0 unspecified atom stereocenters. The van der Waals surface area contributed by atoms with Crippen molar-refractivity contribution in [1.29, 1.82) is 0 Å². The Morgan fingerprint density at radius 2 is 2.03 bits per heavy atom. The number of likely N-dealkylation sites (tertiary alicyclic amines) is 1. The molecule has 3 atom stereocenters. The fourth-order valence-electron chi connectivity index (χ4n) is 6.18. The van der Waals surface area contributed by atoms with Gasteiger partial charge in [0.2, 0.25) is 0 Å². The molecule has 0 spiro atoms. The Bertz CT molecular complexity index is 1300. The van der Waals surface area contributed by atoms with Crippen molar-refractivity contribution in [2.75, 3.05) is 33.9 Å². The van der Waals surface area contributed by atoms with E-state index in [2.05, 4.69) is 52.9 Å². The summed E-state index contributed by atoms with van der Waals surface area (Å²) in [5.74, 6) is -0.689. The molecule has 2 aromatic heterocycles. The zero-order chi connectivity index (χ0) is 25.4. The Kier molecular flexibility index (Phi) is 6.57. The summed E-state index contributed by atoms with van der Waals surface area (Å²) in [5, 5.41) is 1.29. The van der Waals surface area contributed by atoms with Crippen LogP contribution in [0.3, 0.4) is 0 Å². The van der Waals surface area contributed by atoms with Crippen LogP contribution in [0, 0.1) is 5.92 Å². The van der Waals surface area contributed by atoms with Gasteiger partial charge in [-0.3, -0.25) is 14.7 Å². The van der Waals surface area contributed by atoms with Gasteiger partial charge in [-0.25, -0.2) is 4.79 Å². The summed E-state index contributed by atoms with van der Waals surface area (Å²) in [5.41, 5.74) is 4.26. The van der Waals surface area contributed by atoms with E-state index in [4.69, 9.17) is 14.2 Å². The van der Waals surface area contributed by atoms with Crippen LogP contribution in [0.4, 0.5) is 0 Å². The molecule has 8 nitrogen and oxygen atoms in total. The molecule has 3 aromatic rings. The van der Waals surface area contributed by atoms with Gasteiger partial charge in [0.05, 0.1) is 25.2 Å². The molecule has 1 fully saturated rings. The number of carbonyl (C=O) groups is 2. The van der Waals surface area contributed by atoms with Gasteiger partial charge in [0.15, 0.2) is 0 Å². The average molecular weight is 492 g/mol. The van der Waals surface area contributed by atoms with Crippen LogP contribution in [0.1, 0.15) is 40.4 Å². The van der Waals surface area contributed by atoms with Crippen molar-refractivity contribution >= 4 is 22.8 Å². The van der Waals surface area contributed by atoms with Gasteiger partial charge in [-0.05, 0) is 55.6 Å². The normalized spacial score (nSPS) is 23.3. The number of ether oxygens (including phenoxy) is 3. The molecule has 1 aromatic carbocycles. The topological polar surface area (TPSA) is 82.9 Å². The van der Waals surface area contributed by atoms with Gasteiger partial charge in [0.25, 0.3) is 0 Å². The molecule has 0 amide bonds. The number of likely N-dealkylation sites (N-methyl/N-ethyl adjacent to an activating group) is 1. The summed E-state index contributed by atoms with van der Waals surface area (Å²) in [6.07, 6.45) is 7.02. The first-order chi connectivity index (χ1) is 17.4. The van der Waals surface area contributed by atoms with E-state index in [0.717, 1.165) is 19.4 Å². The smallest absolute Gasteiger partial charge is 0.339 e. The van der Waals surface area contributed by atoms with E-state index in [-0.39, 0.29) is 31.0 Å². The number of piperidine rings is 1. The highest BCUT2D eigenvalue weighted by atomic mass is 16.5. The number of aromatic nitrogens is 2. The maximum Gasteiger partial charge on any atom is 0.339 e. The van der Waals surface area contributed by atoms with Crippen LogP contribution in [-0.4, -0.2) is 66.3 Å². The fraction of sp³-hybridized carbons (Fsp3) is 0.464. The van der Waals surface area contributed by atoms with Crippen molar-refractivity contribution in [1.82, 2.24) is 14.5 Å². The average Bonchev–Trinajstić information content (AvgIpc) is 3.20. The molecule has 0 saturated carbocycles. The largest absolute Gasteiger partial charge is 0.466 e. The van der Waals surface area contributed by atoms with Crippen molar-refractivity contribution in [3.8, 4) is 0 Å². The monoisotopic (exact) mass is 491 g/mol. The number of esters is 2. The van der Waals surface area contributed by atoms with E-state index < -0.39 is 11.6 Å². The lowest BCUT2D eigenvalue weighted by Crippen LogP contribution is -2.59. The molecule has 36 heavy (non-hydrogen) atoms. The molecular formula is C28H33N3O5. The van der Waals surface area contributed by atoms with Crippen molar-refractivity contribution in [3.63, 3.8) is 0 Å². The number of pyridine rings is 1. The molecule has 8 heteroatoms. The number of methoxy groups -OCH3 is 1. The van der Waals surface area contributed by atoms with Crippen molar-refractivity contribution in [2.24, 2.45) is 13.0 Å². The summed E-state index contributed by atoms with van der Waals surface area (Å²) >= 11 is 0. The predicted octanol–water partition coefficient (Wildman–Crippen LogP) is 3.25. The summed E-state index contributed by atoms with van der Waals surface area (Å²) in [7, 11) is 6.01. The van der Waals surface area contributed by atoms with Gasteiger partial charge in [0, 0.05) is 62.2 Å². The Morgan fingerprint density at radius 3 is 2.81 bits per heavy atom. The summed E-state index contributed by atoms with van der Waals surface area (Å²) in [6.45, 7) is 3.16. The highest BCUT2D eigenvalue weighted by Crippen LogP contribution is 2.49. The van der Waals surface area contributed by atoms with Gasteiger partial charge in [0.1, 0.15) is 5.60 Å². The van der Waals surface area contributed by atoms with Crippen LogP contribution in [0.25, 0.3) is 10.9 Å². The first kappa shape index (κ1) is 24.5. The number of rotatable bonds is 7. The minimum atomic E-state index is -0.473. The van der Waals surface area contributed by atoms with Crippen molar-refractivity contribution < 1.29 is 23.8 Å². The van der Waals surface area contributed by atoms with Crippen LogP contribution >= 0.6 is 0 Å². The molecule has 0 radical (unpaired) electrons. The number of aryl methyl sites for hydroxylation is 1. The van der Waals surface area contributed by atoms with E-state index in [1.807, 2.05) is 0 Å². The van der Waals surface area contributed by atoms with Gasteiger partial charge in [-0.1, -0.05) is 12.1 Å². The summed E-state index contributed by atoms with van der Waals surface area (Å²) < 4.78 is 19.3. The lowest BCUT2D eigenvalue weighted by molar-refractivity contribution is -0.142. The standard InChI is InChI=1S/C28H33N3O5/c1-5-35-25(32)10-18-9-20(14-29-13-18)27(33)36-17-19-12-28(34-4)22-7-6-8-23-26(22)21(16-30(23)2)11-24(28)31(3)15-19/h6-9,13-14,16,19,24H,5,10-12,15,17H2,1-4H3/t19-,24-,28+/m1/s1.